The molecule has 10 heteroatoms. The number of nitrogens with one attached hydrogen (secondary N) is 1. The molecule has 0 bridgehead atoms. The van der Waals surface area contributed by atoms with Crippen LogP contribution in [0.4, 0.5) is 13.2 Å². The molecule has 0 fully saturated rings. The lowest BCUT2D eigenvalue weighted by atomic mass is 10.1. The molecule has 0 unspecified atom stereocenters. The van der Waals surface area contributed by atoms with Crippen molar-refractivity contribution in [2.75, 3.05) is 6.54 Å². The molecule has 0 aliphatic rings. The molecule has 0 spiro atoms. The van der Waals surface area contributed by atoms with Crippen LogP contribution >= 0.6 is 11.3 Å². The molecule has 0 amide bonds. The Labute approximate surface area is 219 Å². The van der Waals surface area contributed by atoms with E-state index in [-0.39, 0.29) is 11.3 Å². The Morgan fingerprint density at radius 3 is 2.45 bits per heavy atom. The number of aromatic nitrogens is 1. The highest BCUT2D eigenvalue weighted by atomic mass is 32.1. The highest BCUT2D eigenvalue weighted by Crippen LogP contribution is 2.29. The van der Waals surface area contributed by atoms with Gasteiger partial charge in [0.15, 0.2) is 0 Å². The smallest absolute Gasteiger partial charge is 0.416 e. The maximum Gasteiger partial charge on any atom is 0.416 e. The zero-order valence-corrected chi connectivity index (χ0v) is 20.4. The first-order valence-corrected chi connectivity index (χ1v) is 12.1. The number of benzene rings is 2. The number of carboxylic acids is 1. The van der Waals surface area contributed by atoms with Crippen LogP contribution in [0.15, 0.2) is 72.9 Å². The monoisotopic (exact) mass is 536 g/mol. The van der Waals surface area contributed by atoms with Crippen LogP contribution in [0.5, 0.6) is 0 Å². The van der Waals surface area contributed by atoms with E-state index in [1.807, 2.05) is 30.3 Å². The molecular formula is C28H19F3N2O4S. The summed E-state index contributed by atoms with van der Waals surface area (Å²) in [7, 11) is 0. The van der Waals surface area contributed by atoms with Crippen LogP contribution in [0.2, 0.25) is 0 Å². The van der Waals surface area contributed by atoms with E-state index < -0.39 is 41.9 Å². The van der Waals surface area contributed by atoms with E-state index in [9.17, 15) is 32.7 Å². The third kappa shape index (κ3) is 6.70. The summed E-state index contributed by atoms with van der Waals surface area (Å²) in [5.41, 5.74) is 1.02. The van der Waals surface area contributed by atoms with Gasteiger partial charge in [0, 0.05) is 17.1 Å². The van der Waals surface area contributed by atoms with Crippen molar-refractivity contribution >= 4 is 39.8 Å². The Morgan fingerprint density at radius 1 is 1.00 bits per heavy atom. The fourth-order valence-corrected chi connectivity index (χ4v) is 4.37. The first kappa shape index (κ1) is 26.7. The minimum atomic E-state index is -4.44. The van der Waals surface area contributed by atoms with E-state index in [0.717, 1.165) is 34.4 Å². The van der Waals surface area contributed by atoms with Crippen molar-refractivity contribution in [1.29, 1.82) is 0 Å². The summed E-state index contributed by atoms with van der Waals surface area (Å²) in [5, 5.41) is 13.1. The second-order valence-corrected chi connectivity index (χ2v) is 9.34. The molecule has 1 atom stereocenters. The number of hydrogen-bond donors (Lipinski definition) is 2. The summed E-state index contributed by atoms with van der Waals surface area (Å²) in [5.74, 6) is 2.72. The van der Waals surface area contributed by atoms with E-state index in [1.54, 1.807) is 6.20 Å². The molecule has 0 aliphatic heterocycles. The summed E-state index contributed by atoms with van der Waals surface area (Å²) >= 11 is 0.964. The van der Waals surface area contributed by atoms with Crippen LogP contribution in [0.1, 0.15) is 31.2 Å². The molecule has 0 aliphatic carbocycles. The van der Waals surface area contributed by atoms with Gasteiger partial charge >= 0.3 is 12.1 Å². The molecule has 0 radical (unpaired) electrons. The van der Waals surface area contributed by atoms with E-state index >= 15 is 0 Å². The summed E-state index contributed by atoms with van der Waals surface area (Å²) in [6.45, 7) is -0.471. The van der Waals surface area contributed by atoms with Gasteiger partial charge in [-0.05, 0) is 60.5 Å². The minimum Gasteiger partial charge on any atom is -0.480 e. The van der Waals surface area contributed by atoms with Crippen molar-refractivity contribution in [2.24, 2.45) is 0 Å². The Balaban J connectivity index is 1.36. The zero-order valence-electron chi connectivity index (χ0n) is 19.6. The Hall–Kier alpha value is -4.33. The maximum atomic E-state index is 12.7. The Morgan fingerprint density at radius 2 is 1.74 bits per heavy atom. The van der Waals surface area contributed by atoms with Crippen molar-refractivity contribution in [3.63, 3.8) is 0 Å². The van der Waals surface area contributed by atoms with Crippen LogP contribution in [-0.4, -0.2) is 40.2 Å². The summed E-state index contributed by atoms with van der Waals surface area (Å²) in [6, 6.07) is 15.4. The standard InChI is InChI=1S/C28H19F3N2O4S/c29-28(30,31)20-8-5-17(6-9-20)7-10-21-11-12-25(38-21)26(35)24(34)16-33-23(27(36)37)14-18-13-19-3-1-2-4-22(19)32-15-18/h1-6,8-9,11-13,15,23,33H,14,16H2,(H,36,37)/t23-/m1/s1. The van der Waals surface area contributed by atoms with Crippen LogP contribution in [0, 0.1) is 11.8 Å². The van der Waals surface area contributed by atoms with Crippen molar-refractivity contribution in [3.8, 4) is 11.8 Å². The Kier molecular flexibility index (Phi) is 8.00. The second-order valence-electron chi connectivity index (χ2n) is 8.25. The zero-order chi connectivity index (χ0) is 27.3. The lowest BCUT2D eigenvalue weighted by molar-refractivity contribution is -0.139. The highest BCUT2D eigenvalue weighted by molar-refractivity contribution is 7.15. The van der Waals surface area contributed by atoms with Gasteiger partial charge in [-0.2, -0.15) is 13.2 Å². The van der Waals surface area contributed by atoms with Crippen LogP contribution in [0.25, 0.3) is 10.9 Å². The van der Waals surface area contributed by atoms with Crippen molar-refractivity contribution < 1.29 is 32.7 Å². The lowest BCUT2D eigenvalue weighted by Crippen LogP contribution is -2.42. The molecule has 2 aromatic heterocycles. The predicted octanol–water partition coefficient (Wildman–Crippen LogP) is 4.75. The molecule has 0 saturated heterocycles. The largest absolute Gasteiger partial charge is 0.480 e. The predicted molar refractivity (Wildman–Crippen MR) is 136 cm³/mol. The molecule has 2 aromatic carbocycles. The number of thiophene rings is 1. The van der Waals surface area contributed by atoms with Crippen LogP contribution < -0.4 is 5.32 Å². The fourth-order valence-electron chi connectivity index (χ4n) is 3.55. The number of halogens is 3. The number of fused-ring (bicyclic) bond motifs is 1. The third-order valence-electron chi connectivity index (χ3n) is 5.52. The molecule has 2 N–H and O–H groups in total. The second kappa shape index (κ2) is 11.4. The number of rotatable bonds is 8. The van der Waals surface area contributed by atoms with Crippen molar-refractivity contribution in [1.82, 2.24) is 10.3 Å². The van der Waals surface area contributed by atoms with Crippen molar-refractivity contribution in [2.45, 2.75) is 18.6 Å². The number of Topliss-reactive ketones (excluding diaryl/α,β-unsaturated/α-hetero) is 2. The number of carboxylic acid groups (broad SMARTS) is 1. The number of ketones is 2. The van der Waals surface area contributed by atoms with Gasteiger partial charge in [0.25, 0.3) is 0 Å². The van der Waals surface area contributed by atoms with E-state index in [4.69, 9.17) is 0 Å². The lowest BCUT2D eigenvalue weighted by Gasteiger charge is -2.14. The number of carbonyl (C=O) groups is 3. The molecule has 6 nitrogen and oxygen atoms in total. The topological polar surface area (TPSA) is 96.4 Å². The number of pyridine rings is 1. The van der Waals surface area contributed by atoms with Gasteiger partial charge in [0.05, 0.1) is 27.4 Å². The molecule has 4 rings (SSSR count). The summed E-state index contributed by atoms with van der Waals surface area (Å²) < 4.78 is 38.0. The number of nitrogens with zero attached hydrogens (tertiary/aromatic N) is 1. The van der Waals surface area contributed by atoms with Gasteiger partial charge in [-0.15, -0.1) is 11.3 Å². The van der Waals surface area contributed by atoms with Gasteiger partial charge < -0.3 is 5.11 Å². The average molecular weight is 537 g/mol. The fraction of sp³-hybridized carbons (Fsp3) is 0.143. The van der Waals surface area contributed by atoms with Crippen LogP contribution in [0.3, 0.4) is 0 Å². The quantitative estimate of drug-likeness (QED) is 0.192. The van der Waals surface area contributed by atoms with E-state index in [2.05, 4.69) is 22.1 Å². The number of para-hydroxylation sites is 1. The van der Waals surface area contributed by atoms with Crippen LogP contribution in [-0.2, 0) is 22.2 Å². The molecular weight excluding hydrogens is 517 g/mol. The number of hydrogen-bond acceptors (Lipinski definition) is 6. The first-order valence-electron chi connectivity index (χ1n) is 11.3. The first-order chi connectivity index (χ1) is 18.1. The van der Waals surface area contributed by atoms with Gasteiger partial charge in [-0.25, -0.2) is 0 Å². The average Bonchev–Trinajstić information content (AvgIpc) is 3.37. The summed E-state index contributed by atoms with van der Waals surface area (Å²) in [4.78, 5) is 41.6. The molecule has 4 aromatic rings. The van der Waals surface area contributed by atoms with Gasteiger partial charge in [-0.3, -0.25) is 24.7 Å². The minimum absolute atomic E-state index is 0.0668. The molecule has 38 heavy (non-hydrogen) atoms. The van der Waals surface area contributed by atoms with Gasteiger partial charge in [0.2, 0.25) is 11.6 Å². The molecule has 2 heterocycles. The van der Waals surface area contributed by atoms with Crippen molar-refractivity contribution in [3.05, 3.63) is 99.4 Å². The normalized spacial score (nSPS) is 12.0. The third-order valence-corrected chi connectivity index (χ3v) is 6.52. The molecule has 192 valence electrons. The Bertz CT molecular complexity index is 1570. The number of carbonyl (C=O) groups excluding carboxylic acids is 2. The number of aliphatic carboxylic acids is 1. The maximum absolute atomic E-state index is 12.7. The highest BCUT2D eigenvalue weighted by Gasteiger charge is 2.29. The van der Waals surface area contributed by atoms with E-state index in [1.165, 1.54) is 24.3 Å². The SMILES string of the molecule is O=C(CN[C@H](Cc1cnc2ccccc2c1)C(=O)O)C(=O)c1ccc(C#Cc2ccc(C(F)(F)F)cc2)s1. The van der Waals surface area contributed by atoms with Gasteiger partial charge in [0.1, 0.15) is 6.04 Å². The van der Waals surface area contributed by atoms with E-state index in [0.29, 0.717) is 16.0 Å². The number of alkyl halides is 3. The molecule has 0 saturated carbocycles. The van der Waals surface area contributed by atoms with Gasteiger partial charge in [-0.1, -0.05) is 30.0 Å². The summed E-state index contributed by atoms with van der Waals surface area (Å²) in [6.07, 6.45) is -2.79.